The molecule has 0 aromatic carbocycles. The van der Waals surface area contributed by atoms with Crippen molar-refractivity contribution in [3.8, 4) is 0 Å². The minimum Gasteiger partial charge on any atom is -0.448 e. The van der Waals surface area contributed by atoms with E-state index in [0.717, 1.165) is 17.3 Å². The molecule has 2 heterocycles. The SMILES string of the molecule is Clc1ccc(CNCc2nccs2)o1. The fourth-order valence-corrected chi connectivity index (χ4v) is 1.83. The van der Waals surface area contributed by atoms with E-state index < -0.39 is 0 Å². The van der Waals surface area contributed by atoms with Crippen molar-refractivity contribution in [3.63, 3.8) is 0 Å². The largest absolute Gasteiger partial charge is 0.448 e. The lowest BCUT2D eigenvalue weighted by molar-refractivity contribution is 0.484. The number of thiazole rings is 1. The van der Waals surface area contributed by atoms with Gasteiger partial charge < -0.3 is 9.73 Å². The first-order valence-electron chi connectivity index (χ1n) is 4.18. The molecule has 5 heteroatoms. The van der Waals surface area contributed by atoms with Gasteiger partial charge in [0.2, 0.25) is 0 Å². The summed E-state index contributed by atoms with van der Waals surface area (Å²) in [6.07, 6.45) is 1.80. The molecule has 0 aliphatic heterocycles. The number of halogens is 1. The zero-order valence-electron chi connectivity index (χ0n) is 7.37. The Hall–Kier alpha value is -0.840. The third-order valence-corrected chi connectivity index (χ3v) is 2.67. The molecule has 0 unspecified atom stereocenters. The van der Waals surface area contributed by atoms with E-state index >= 15 is 0 Å². The second-order valence-corrected chi connectivity index (χ2v) is 4.09. The van der Waals surface area contributed by atoms with E-state index in [1.807, 2.05) is 11.4 Å². The van der Waals surface area contributed by atoms with Crippen LogP contribution in [0.25, 0.3) is 0 Å². The van der Waals surface area contributed by atoms with Crippen LogP contribution in [0.4, 0.5) is 0 Å². The number of nitrogens with one attached hydrogen (secondary N) is 1. The van der Waals surface area contributed by atoms with Gasteiger partial charge in [0.25, 0.3) is 0 Å². The summed E-state index contributed by atoms with van der Waals surface area (Å²) in [6, 6.07) is 3.60. The smallest absolute Gasteiger partial charge is 0.193 e. The van der Waals surface area contributed by atoms with Crippen LogP contribution in [0.5, 0.6) is 0 Å². The molecule has 0 radical (unpaired) electrons. The first-order valence-corrected chi connectivity index (χ1v) is 5.43. The molecule has 0 amide bonds. The van der Waals surface area contributed by atoms with Crippen molar-refractivity contribution in [2.75, 3.05) is 0 Å². The summed E-state index contributed by atoms with van der Waals surface area (Å²) < 4.78 is 5.19. The maximum atomic E-state index is 5.63. The molecular weight excluding hydrogens is 220 g/mol. The van der Waals surface area contributed by atoms with E-state index in [-0.39, 0.29) is 0 Å². The second kappa shape index (κ2) is 4.59. The Morgan fingerprint density at radius 3 is 3.00 bits per heavy atom. The monoisotopic (exact) mass is 228 g/mol. The summed E-state index contributed by atoms with van der Waals surface area (Å²) in [4.78, 5) is 4.15. The zero-order valence-corrected chi connectivity index (χ0v) is 8.94. The molecule has 1 N–H and O–H groups in total. The number of furan rings is 1. The topological polar surface area (TPSA) is 38.1 Å². The maximum Gasteiger partial charge on any atom is 0.193 e. The number of hydrogen-bond acceptors (Lipinski definition) is 4. The van der Waals surface area contributed by atoms with Gasteiger partial charge in [0, 0.05) is 18.1 Å². The van der Waals surface area contributed by atoms with Crippen molar-refractivity contribution in [1.82, 2.24) is 10.3 Å². The van der Waals surface area contributed by atoms with Crippen molar-refractivity contribution in [2.24, 2.45) is 0 Å². The van der Waals surface area contributed by atoms with E-state index in [0.29, 0.717) is 11.8 Å². The van der Waals surface area contributed by atoms with E-state index in [1.165, 1.54) is 0 Å². The van der Waals surface area contributed by atoms with Crippen molar-refractivity contribution in [2.45, 2.75) is 13.1 Å². The summed E-state index contributed by atoms with van der Waals surface area (Å²) in [5, 5.41) is 6.67. The Balaban J connectivity index is 1.78. The normalized spacial score (nSPS) is 10.6. The number of hydrogen-bond donors (Lipinski definition) is 1. The average Bonchev–Trinajstić information content (AvgIpc) is 2.77. The summed E-state index contributed by atoms with van der Waals surface area (Å²) in [6.45, 7) is 1.43. The predicted molar refractivity (Wildman–Crippen MR) is 56.4 cm³/mol. The first kappa shape index (κ1) is 9.71. The fourth-order valence-electron chi connectivity index (χ4n) is 1.08. The van der Waals surface area contributed by atoms with Crippen LogP contribution in [-0.4, -0.2) is 4.98 Å². The highest BCUT2D eigenvalue weighted by Gasteiger charge is 1.99. The molecule has 74 valence electrons. The van der Waals surface area contributed by atoms with E-state index in [4.69, 9.17) is 16.0 Å². The molecule has 0 bridgehead atoms. The van der Waals surface area contributed by atoms with Crippen molar-refractivity contribution >= 4 is 22.9 Å². The quantitative estimate of drug-likeness (QED) is 0.875. The first-order chi connectivity index (χ1) is 6.84. The summed E-state index contributed by atoms with van der Waals surface area (Å²) in [5.41, 5.74) is 0. The van der Waals surface area contributed by atoms with Crippen LogP contribution in [0.1, 0.15) is 10.8 Å². The van der Waals surface area contributed by atoms with Gasteiger partial charge in [-0.2, -0.15) is 0 Å². The minimum atomic E-state index is 0.427. The molecule has 2 aromatic heterocycles. The van der Waals surface area contributed by atoms with Crippen molar-refractivity contribution in [3.05, 3.63) is 39.7 Å². The Labute approximate surface area is 90.7 Å². The lowest BCUT2D eigenvalue weighted by Gasteiger charge is -1.98. The molecule has 0 atom stereocenters. The van der Waals surface area contributed by atoms with Gasteiger partial charge in [-0.3, -0.25) is 0 Å². The standard InChI is InChI=1S/C9H9ClN2OS/c10-8-2-1-7(13-8)5-11-6-9-12-3-4-14-9/h1-4,11H,5-6H2. The minimum absolute atomic E-state index is 0.427. The van der Waals surface area contributed by atoms with Crippen LogP contribution in [-0.2, 0) is 13.1 Å². The zero-order chi connectivity index (χ0) is 9.80. The van der Waals surface area contributed by atoms with Gasteiger partial charge in [-0.15, -0.1) is 11.3 Å². The number of nitrogens with zero attached hydrogens (tertiary/aromatic N) is 1. The highest BCUT2D eigenvalue weighted by atomic mass is 35.5. The van der Waals surface area contributed by atoms with Crippen LogP contribution in [0.15, 0.2) is 28.1 Å². The van der Waals surface area contributed by atoms with Crippen LogP contribution < -0.4 is 5.32 Å². The third kappa shape index (κ3) is 2.57. The third-order valence-electron chi connectivity index (χ3n) is 1.69. The molecule has 0 fully saturated rings. The summed E-state index contributed by atoms with van der Waals surface area (Å²) in [7, 11) is 0. The molecule has 0 saturated heterocycles. The van der Waals surface area contributed by atoms with Gasteiger partial charge in [0.05, 0.1) is 6.54 Å². The van der Waals surface area contributed by atoms with E-state index in [2.05, 4.69) is 10.3 Å². The second-order valence-electron chi connectivity index (χ2n) is 2.74. The Bertz CT molecular complexity index is 385. The number of rotatable bonds is 4. The Morgan fingerprint density at radius 1 is 1.43 bits per heavy atom. The van der Waals surface area contributed by atoms with Crippen molar-refractivity contribution < 1.29 is 4.42 Å². The molecule has 2 aromatic rings. The number of aromatic nitrogens is 1. The van der Waals surface area contributed by atoms with Gasteiger partial charge in [0.15, 0.2) is 5.22 Å². The average molecular weight is 229 g/mol. The predicted octanol–water partition coefficient (Wildman–Crippen LogP) is 2.68. The van der Waals surface area contributed by atoms with E-state index in [1.54, 1.807) is 23.6 Å². The van der Waals surface area contributed by atoms with Gasteiger partial charge in [-0.25, -0.2) is 4.98 Å². The molecule has 2 rings (SSSR count). The molecule has 0 saturated carbocycles. The van der Waals surface area contributed by atoms with Crippen LogP contribution in [0, 0.1) is 0 Å². The van der Waals surface area contributed by atoms with Crippen LogP contribution >= 0.6 is 22.9 Å². The highest BCUT2D eigenvalue weighted by molar-refractivity contribution is 7.09. The molecule has 14 heavy (non-hydrogen) atoms. The van der Waals surface area contributed by atoms with Gasteiger partial charge in [-0.05, 0) is 23.7 Å². The molecule has 0 spiro atoms. The summed E-state index contributed by atoms with van der Waals surface area (Å²) in [5.74, 6) is 0.839. The van der Waals surface area contributed by atoms with Gasteiger partial charge in [0.1, 0.15) is 10.8 Å². The molecule has 0 aliphatic rings. The Morgan fingerprint density at radius 2 is 2.36 bits per heavy atom. The van der Waals surface area contributed by atoms with Crippen molar-refractivity contribution in [1.29, 1.82) is 0 Å². The maximum absolute atomic E-state index is 5.63. The van der Waals surface area contributed by atoms with Gasteiger partial charge >= 0.3 is 0 Å². The van der Waals surface area contributed by atoms with Crippen LogP contribution in [0.3, 0.4) is 0 Å². The molecule has 3 nitrogen and oxygen atoms in total. The van der Waals surface area contributed by atoms with E-state index in [9.17, 15) is 0 Å². The molecule has 0 aliphatic carbocycles. The Kier molecular flexibility index (Phi) is 3.18. The summed E-state index contributed by atoms with van der Waals surface area (Å²) >= 11 is 7.27. The fraction of sp³-hybridized carbons (Fsp3) is 0.222. The lowest BCUT2D eigenvalue weighted by Crippen LogP contribution is -2.11. The highest BCUT2D eigenvalue weighted by Crippen LogP contribution is 2.12. The van der Waals surface area contributed by atoms with Gasteiger partial charge in [-0.1, -0.05) is 0 Å². The lowest BCUT2D eigenvalue weighted by atomic mass is 10.4. The van der Waals surface area contributed by atoms with Crippen LogP contribution in [0.2, 0.25) is 5.22 Å². The molecular formula is C9H9ClN2OS.